The molecular formula is C15H23N3O2. The second-order valence-corrected chi connectivity index (χ2v) is 4.99. The predicted molar refractivity (Wildman–Crippen MR) is 77.8 cm³/mol. The number of aromatic nitrogens is 2. The SMILES string of the molecule is CCNCc1cc(COc2c(C)nn(C)c2C)c(C)o1. The maximum Gasteiger partial charge on any atom is 0.163 e. The summed E-state index contributed by atoms with van der Waals surface area (Å²) in [5.41, 5.74) is 3.04. The molecule has 20 heavy (non-hydrogen) atoms. The van der Waals surface area contributed by atoms with Crippen molar-refractivity contribution in [2.45, 2.75) is 40.8 Å². The summed E-state index contributed by atoms with van der Waals surface area (Å²) in [5, 5.41) is 7.60. The quantitative estimate of drug-likeness (QED) is 0.882. The second kappa shape index (κ2) is 6.13. The average molecular weight is 277 g/mol. The predicted octanol–water partition coefficient (Wildman–Crippen LogP) is 2.63. The third kappa shape index (κ3) is 3.04. The number of furan rings is 1. The molecule has 2 aromatic rings. The van der Waals surface area contributed by atoms with Crippen molar-refractivity contribution in [3.63, 3.8) is 0 Å². The van der Waals surface area contributed by atoms with Crippen molar-refractivity contribution in [3.05, 3.63) is 34.5 Å². The summed E-state index contributed by atoms with van der Waals surface area (Å²) in [4.78, 5) is 0. The number of hydrogen-bond acceptors (Lipinski definition) is 4. The first-order chi connectivity index (χ1) is 9.52. The summed E-state index contributed by atoms with van der Waals surface area (Å²) in [6, 6.07) is 2.05. The van der Waals surface area contributed by atoms with E-state index in [1.54, 1.807) is 0 Å². The molecule has 0 radical (unpaired) electrons. The Morgan fingerprint density at radius 1 is 1.35 bits per heavy atom. The van der Waals surface area contributed by atoms with Gasteiger partial charge in [-0.25, -0.2) is 0 Å². The summed E-state index contributed by atoms with van der Waals surface area (Å²) in [5.74, 6) is 2.72. The van der Waals surface area contributed by atoms with Crippen LogP contribution in [0.1, 0.15) is 35.4 Å². The normalized spacial score (nSPS) is 11.1. The summed E-state index contributed by atoms with van der Waals surface area (Å²) in [6.07, 6.45) is 0. The molecule has 0 aromatic carbocycles. The van der Waals surface area contributed by atoms with Gasteiger partial charge in [-0.05, 0) is 33.4 Å². The van der Waals surface area contributed by atoms with Crippen LogP contribution in [0.15, 0.2) is 10.5 Å². The lowest BCUT2D eigenvalue weighted by Gasteiger charge is -2.05. The Bertz CT molecular complexity index is 584. The molecule has 110 valence electrons. The van der Waals surface area contributed by atoms with Crippen LogP contribution in [0.4, 0.5) is 0 Å². The van der Waals surface area contributed by atoms with Gasteiger partial charge in [0.2, 0.25) is 0 Å². The zero-order valence-corrected chi connectivity index (χ0v) is 12.9. The molecule has 0 aliphatic carbocycles. The lowest BCUT2D eigenvalue weighted by atomic mass is 10.2. The molecule has 0 amide bonds. The minimum atomic E-state index is 0.509. The van der Waals surface area contributed by atoms with Crippen LogP contribution in [-0.4, -0.2) is 16.3 Å². The van der Waals surface area contributed by atoms with Crippen molar-refractivity contribution in [2.24, 2.45) is 7.05 Å². The minimum absolute atomic E-state index is 0.509. The third-order valence-corrected chi connectivity index (χ3v) is 3.44. The van der Waals surface area contributed by atoms with Crippen molar-refractivity contribution in [2.75, 3.05) is 6.54 Å². The molecule has 0 bridgehead atoms. The fraction of sp³-hybridized carbons (Fsp3) is 0.533. The van der Waals surface area contributed by atoms with E-state index in [4.69, 9.17) is 9.15 Å². The van der Waals surface area contributed by atoms with Gasteiger partial charge in [0.1, 0.15) is 23.8 Å². The number of nitrogens with one attached hydrogen (secondary N) is 1. The van der Waals surface area contributed by atoms with Crippen LogP contribution in [0.5, 0.6) is 5.75 Å². The van der Waals surface area contributed by atoms with Gasteiger partial charge in [-0.3, -0.25) is 4.68 Å². The Morgan fingerprint density at radius 3 is 2.70 bits per heavy atom. The van der Waals surface area contributed by atoms with Crippen LogP contribution < -0.4 is 10.1 Å². The second-order valence-electron chi connectivity index (χ2n) is 4.99. The molecule has 5 nitrogen and oxygen atoms in total. The van der Waals surface area contributed by atoms with Gasteiger partial charge >= 0.3 is 0 Å². The minimum Gasteiger partial charge on any atom is -0.485 e. The molecule has 0 spiro atoms. The van der Waals surface area contributed by atoms with Crippen LogP contribution in [0.25, 0.3) is 0 Å². The monoisotopic (exact) mass is 277 g/mol. The highest BCUT2D eigenvalue weighted by molar-refractivity contribution is 5.32. The molecule has 0 atom stereocenters. The molecule has 0 aliphatic heterocycles. The lowest BCUT2D eigenvalue weighted by molar-refractivity contribution is 0.298. The van der Waals surface area contributed by atoms with Crippen LogP contribution in [0, 0.1) is 20.8 Å². The molecule has 0 saturated carbocycles. The van der Waals surface area contributed by atoms with E-state index >= 15 is 0 Å². The highest BCUT2D eigenvalue weighted by Gasteiger charge is 2.13. The molecule has 0 saturated heterocycles. The maximum absolute atomic E-state index is 5.91. The Hall–Kier alpha value is -1.75. The Kier molecular flexibility index (Phi) is 4.49. The van der Waals surface area contributed by atoms with E-state index < -0.39 is 0 Å². The summed E-state index contributed by atoms with van der Waals surface area (Å²) in [6.45, 7) is 10.2. The molecule has 1 N–H and O–H groups in total. The molecule has 0 fully saturated rings. The summed E-state index contributed by atoms with van der Waals surface area (Å²) in [7, 11) is 1.92. The number of hydrogen-bond donors (Lipinski definition) is 1. The van der Waals surface area contributed by atoms with Crippen LogP contribution in [0.3, 0.4) is 0 Å². The highest BCUT2D eigenvalue weighted by Crippen LogP contribution is 2.24. The standard InChI is InChI=1S/C15H23N3O2/c1-6-16-8-14-7-13(12(4)20-14)9-19-15-10(2)17-18(5)11(15)3/h7,16H,6,8-9H2,1-5H3. The van der Waals surface area contributed by atoms with E-state index in [1.165, 1.54) is 0 Å². The lowest BCUT2D eigenvalue weighted by Crippen LogP contribution is -2.10. The third-order valence-electron chi connectivity index (χ3n) is 3.44. The van der Waals surface area contributed by atoms with E-state index in [-0.39, 0.29) is 0 Å². The maximum atomic E-state index is 5.91. The van der Waals surface area contributed by atoms with Crippen LogP contribution in [-0.2, 0) is 20.2 Å². The largest absolute Gasteiger partial charge is 0.485 e. The van der Waals surface area contributed by atoms with Gasteiger partial charge in [-0.1, -0.05) is 6.92 Å². The van der Waals surface area contributed by atoms with Gasteiger partial charge in [0.25, 0.3) is 0 Å². The smallest absolute Gasteiger partial charge is 0.163 e. The van der Waals surface area contributed by atoms with Crippen LogP contribution >= 0.6 is 0 Å². The van der Waals surface area contributed by atoms with Crippen molar-refractivity contribution < 1.29 is 9.15 Å². The van der Waals surface area contributed by atoms with Gasteiger partial charge in [0, 0.05) is 12.6 Å². The highest BCUT2D eigenvalue weighted by atomic mass is 16.5. The van der Waals surface area contributed by atoms with Gasteiger partial charge < -0.3 is 14.5 Å². The average Bonchev–Trinajstić information content (AvgIpc) is 2.87. The van der Waals surface area contributed by atoms with E-state index in [2.05, 4.69) is 23.4 Å². The molecule has 2 heterocycles. The van der Waals surface area contributed by atoms with Gasteiger partial charge in [0.05, 0.1) is 12.2 Å². The van der Waals surface area contributed by atoms with E-state index in [0.29, 0.717) is 6.61 Å². The van der Waals surface area contributed by atoms with Gasteiger partial charge in [-0.2, -0.15) is 5.10 Å². The summed E-state index contributed by atoms with van der Waals surface area (Å²) >= 11 is 0. The van der Waals surface area contributed by atoms with E-state index in [1.807, 2.05) is 32.5 Å². The number of ether oxygens (including phenoxy) is 1. The Morgan fingerprint density at radius 2 is 2.10 bits per heavy atom. The first kappa shape index (κ1) is 14.7. The fourth-order valence-electron chi connectivity index (χ4n) is 2.18. The first-order valence-electron chi connectivity index (χ1n) is 6.94. The van der Waals surface area contributed by atoms with Crippen molar-refractivity contribution in [1.82, 2.24) is 15.1 Å². The zero-order chi connectivity index (χ0) is 14.7. The molecule has 0 unspecified atom stereocenters. The molecule has 2 aromatic heterocycles. The Balaban J connectivity index is 2.05. The molecular weight excluding hydrogens is 254 g/mol. The first-order valence-corrected chi connectivity index (χ1v) is 6.94. The molecule has 0 aliphatic rings. The topological polar surface area (TPSA) is 52.2 Å². The van der Waals surface area contributed by atoms with Crippen molar-refractivity contribution in [3.8, 4) is 5.75 Å². The number of rotatable bonds is 6. The fourth-order valence-corrected chi connectivity index (χ4v) is 2.18. The van der Waals surface area contributed by atoms with Gasteiger partial charge in [0.15, 0.2) is 5.75 Å². The van der Waals surface area contributed by atoms with E-state index in [9.17, 15) is 0 Å². The number of nitrogens with zero attached hydrogens (tertiary/aromatic N) is 2. The van der Waals surface area contributed by atoms with Gasteiger partial charge in [-0.15, -0.1) is 0 Å². The van der Waals surface area contributed by atoms with E-state index in [0.717, 1.165) is 47.3 Å². The van der Waals surface area contributed by atoms with Crippen molar-refractivity contribution in [1.29, 1.82) is 0 Å². The molecule has 5 heteroatoms. The Labute approximate surface area is 119 Å². The zero-order valence-electron chi connectivity index (χ0n) is 12.9. The summed E-state index contributed by atoms with van der Waals surface area (Å²) < 4.78 is 13.5. The number of aryl methyl sites for hydroxylation is 3. The van der Waals surface area contributed by atoms with Crippen LogP contribution in [0.2, 0.25) is 0 Å². The van der Waals surface area contributed by atoms with Crippen molar-refractivity contribution >= 4 is 0 Å². The molecule has 2 rings (SSSR count).